The Morgan fingerprint density at radius 3 is 2.18 bits per heavy atom. The molecule has 5 heteroatoms. The fourth-order valence-electron chi connectivity index (χ4n) is 1.29. The van der Waals surface area contributed by atoms with Crippen molar-refractivity contribution in [3.63, 3.8) is 0 Å². The molecule has 1 fully saturated rings. The van der Waals surface area contributed by atoms with Crippen molar-refractivity contribution in [2.24, 2.45) is 0 Å². The van der Waals surface area contributed by atoms with E-state index in [0.29, 0.717) is 12.8 Å². The van der Waals surface area contributed by atoms with Gasteiger partial charge in [-0.25, -0.2) is 0 Å². The smallest absolute Gasteiger partial charge is 0.305 e. The van der Waals surface area contributed by atoms with Crippen LogP contribution in [-0.4, -0.2) is 26.9 Å². The van der Waals surface area contributed by atoms with Crippen LogP contribution in [0.5, 0.6) is 0 Å². The van der Waals surface area contributed by atoms with Crippen LogP contribution in [0.2, 0.25) is 0 Å². The topological polar surface area (TPSA) is 43.4 Å². The zero-order chi connectivity index (χ0) is 8.54. The van der Waals surface area contributed by atoms with Crippen molar-refractivity contribution in [2.75, 3.05) is 12.9 Å². The van der Waals surface area contributed by atoms with Crippen molar-refractivity contribution in [3.05, 3.63) is 0 Å². The quantitative estimate of drug-likeness (QED) is 0.608. The molecule has 0 aliphatic heterocycles. The molecule has 1 aliphatic rings. The highest BCUT2D eigenvalue weighted by Crippen LogP contribution is 2.36. The number of methoxy groups -OCH3 is 1. The van der Waals surface area contributed by atoms with E-state index < -0.39 is 21.6 Å². The summed E-state index contributed by atoms with van der Waals surface area (Å²) in [6.07, 6.45) is 2.21. The van der Waals surface area contributed by atoms with Gasteiger partial charge in [0.2, 0.25) is 0 Å². The Hall–Kier alpha value is -0.160. The first-order valence-corrected chi connectivity index (χ1v) is 5.00. The molecule has 11 heavy (non-hydrogen) atoms. The SMILES string of the molecule is COC1(CS(=O)(=O)F)CCC1. The Morgan fingerprint density at radius 1 is 1.55 bits per heavy atom. The Morgan fingerprint density at radius 2 is 2.09 bits per heavy atom. The third kappa shape index (κ3) is 2.13. The molecule has 1 rings (SSSR count). The largest absolute Gasteiger partial charge is 0.377 e. The predicted molar refractivity (Wildman–Crippen MR) is 38.5 cm³/mol. The van der Waals surface area contributed by atoms with Gasteiger partial charge in [0.25, 0.3) is 0 Å². The standard InChI is InChI=1S/C6H11FO3S/c1-10-6(3-2-4-6)5-11(7,8)9/h2-5H2,1H3. The Labute approximate surface area is 65.8 Å². The molecule has 0 heterocycles. The van der Waals surface area contributed by atoms with Gasteiger partial charge in [0.05, 0.1) is 5.60 Å². The second-order valence-electron chi connectivity index (χ2n) is 2.92. The molecule has 66 valence electrons. The summed E-state index contributed by atoms with van der Waals surface area (Å²) in [7, 11) is -2.96. The Bertz CT molecular complexity index is 225. The summed E-state index contributed by atoms with van der Waals surface area (Å²) in [6, 6.07) is 0. The summed E-state index contributed by atoms with van der Waals surface area (Å²) in [4.78, 5) is 0. The first-order valence-electron chi connectivity index (χ1n) is 3.45. The van der Waals surface area contributed by atoms with Gasteiger partial charge in [0.15, 0.2) is 0 Å². The van der Waals surface area contributed by atoms with Gasteiger partial charge in [-0.2, -0.15) is 8.42 Å². The molecule has 0 aromatic carbocycles. The molecule has 0 aromatic heterocycles. The minimum Gasteiger partial charge on any atom is -0.377 e. The summed E-state index contributed by atoms with van der Waals surface area (Å²) in [5.41, 5.74) is -0.715. The number of ether oxygens (including phenoxy) is 1. The maximum absolute atomic E-state index is 12.2. The molecular formula is C6H11FO3S. The van der Waals surface area contributed by atoms with E-state index in [2.05, 4.69) is 0 Å². The monoisotopic (exact) mass is 182 g/mol. The number of halogens is 1. The molecule has 0 N–H and O–H groups in total. The van der Waals surface area contributed by atoms with Crippen LogP contribution >= 0.6 is 0 Å². The molecule has 1 aliphatic carbocycles. The average molecular weight is 182 g/mol. The van der Waals surface area contributed by atoms with E-state index >= 15 is 0 Å². The minimum atomic E-state index is -4.38. The maximum atomic E-state index is 12.2. The summed E-state index contributed by atoms with van der Waals surface area (Å²) in [5.74, 6) is -0.490. The number of hydrogen-bond acceptors (Lipinski definition) is 3. The molecule has 0 bridgehead atoms. The van der Waals surface area contributed by atoms with Gasteiger partial charge in [0.1, 0.15) is 5.75 Å². The van der Waals surface area contributed by atoms with Crippen LogP contribution < -0.4 is 0 Å². The van der Waals surface area contributed by atoms with E-state index in [4.69, 9.17) is 4.74 Å². The molecule has 1 saturated carbocycles. The van der Waals surface area contributed by atoms with Gasteiger partial charge < -0.3 is 4.74 Å². The van der Waals surface area contributed by atoms with E-state index in [0.717, 1.165) is 6.42 Å². The molecule has 0 amide bonds. The van der Waals surface area contributed by atoms with E-state index in [-0.39, 0.29) is 0 Å². The molecule has 0 saturated heterocycles. The van der Waals surface area contributed by atoms with Gasteiger partial charge in [0, 0.05) is 7.11 Å². The summed E-state index contributed by atoms with van der Waals surface area (Å²) in [6.45, 7) is 0. The van der Waals surface area contributed by atoms with Crippen LogP contribution in [0.1, 0.15) is 19.3 Å². The molecule has 0 aromatic rings. The lowest BCUT2D eigenvalue weighted by Gasteiger charge is -2.38. The third-order valence-electron chi connectivity index (χ3n) is 2.13. The van der Waals surface area contributed by atoms with Crippen LogP contribution in [0.3, 0.4) is 0 Å². The van der Waals surface area contributed by atoms with Crippen molar-refractivity contribution in [1.82, 2.24) is 0 Å². The van der Waals surface area contributed by atoms with Gasteiger partial charge in [-0.3, -0.25) is 0 Å². The molecule has 0 spiro atoms. The first-order chi connectivity index (χ1) is 4.97. The summed E-state index contributed by atoms with van der Waals surface area (Å²) < 4.78 is 37.6. The molecule has 0 unspecified atom stereocenters. The van der Waals surface area contributed by atoms with Crippen LogP contribution in [-0.2, 0) is 15.0 Å². The Kier molecular flexibility index (Phi) is 2.20. The van der Waals surface area contributed by atoms with Crippen LogP contribution in [0.4, 0.5) is 3.89 Å². The summed E-state index contributed by atoms with van der Waals surface area (Å²) >= 11 is 0. The zero-order valence-corrected chi connectivity index (χ0v) is 7.16. The van der Waals surface area contributed by atoms with E-state index in [1.807, 2.05) is 0 Å². The predicted octanol–water partition coefficient (Wildman–Crippen LogP) is 0.855. The van der Waals surface area contributed by atoms with Gasteiger partial charge >= 0.3 is 10.2 Å². The highest BCUT2D eigenvalue weighted by atomic mass is 32.3. The molecule has 0 atom stereocenters. The van der Waals surface area contributed by atoms with Crippen molar-refractivity contribution in [3.8, 4) is 0 Å². The summed E-state index contributed by atoms with van der Waals surface area (Å²) in [5, 5.41) is 0. The number of rotatable bonds is 3. The lowest BCUT2D eigenvalue weighted by atomic mass is 9.82. The third-order valence-corrected chi connectivity index (χ3v) is 3.00. The van der Waals surface area contributed by atoms with E-state index in [1.165, 1.54) is 7.11 Å². The molecule has 3 nitrogen and oxygen atoms in total. The van der Waals surface area contributed by atoms with Crippen LogP contribution in [0.25, 0.3) is 0 Å². The average Bonchev–Trinajstić information content (AvgIpc) is 1.77. The van der Waals surface area contributed by atoms with Gasteiger partial charge in [-0.1, -0.05) is 0 Å². The highest BCUT2D eigenvalue weighted by Gasteiger charge is 2.41. The van der Waals surface area contributed by atoms with Gasteiger partial charge in [-0.05, 0) is 19.3 Å². The number of hydrogen-bond donors (Lipinski definition) is 0. The highest BCUT2D eigenvalue weighted by molar-refractivity contribution is 7.86. The lowest BCUT2D eigenvalue weighted by Crippen LogP contribution is -2.44. The second-order valence-corrected chi connectivity index (χ2v) is 4.29. The van der Waals surface area contributed by atoms with E-state index in [1.54, 1.807) is 0 Å². The van der Waals surface area contributed by atoms with Crippen molar-refractivity contribution in [1.29, 1.82) is 0 Å². The first kappa shape index (κ1) is 8.93. The molecular weight excluding hydrogens is 171 g/mol. The fraction of sp³-hybridized carbons (Fsp3) is 1.00. The van der Waals surface area contributed by atoms with Crippen molar-refractivity contribution < 1.29 is 17.0 Å². The fourth-order valence-corrected chi connectivity index (χ4v) is 2.33. The molecule has 0 radical (unpaired) electrons. The van der Waals surface area contributed by atoms with Crippen LogP contribution in [0.15, 0.2) is 0 Å². The second kappa shape index (κ2) is 2.71. The Balaban J connectivity index is 2.59. The van der Waals surface area contributed by atoms with Crippen LogP contribution in [0, 0.1) is 0 Å². The lowest BCUT2D eigenvalue weighted by molar-refractivity contribution is -0.0530. The zero-order valence-electron chi connectivity index (χ0n) is 6.34. The minimum absolute atomic E-state index is 0.490. The maximum Gasteiger partial charge on any atom is 0.305 e. The van der Waals surface area contributed by atoms with E-state index in [9.17, 15) is 12.3 Å². The normalized spacial score (nSPS) is 22.7. The van der Waals surface area contributed by atoms with Gasteiger partial charge in [-0.15, -0.1) is 3.89 Å². The van der Waals surface area contributed by atoms with Crippen molar-refractivity contribution in [2.45, 2.75) is 24.9 Å². The van der Waals surface area contributed by atoms with Crippen molar-refractivity contribution >= 4 is 10.2 Å².